The maximum atomic E-state index is 13.4. The van der Waals surface area contributed by atoms with Crippen LogP contribution in [0.25, 0.3) is 0 Å². The van der Waals surface area contributed by atoms with Crippen LogP contribution in [0.15, 0.2) is 42.5 Å². The van der Waals surface area contributed by atoms with Crippen LogP contribution in [-0.4, -0.2) is 102 Å². The van der Waals surface area contributed by atoms with Crippen LogP contribution >= 0.6 is 0 Å². The predicted molar refractivity (Wildman–Crippen MR) is 160 cm³/mol. The van der Waals surface area contributed by atoms with E-state index < -0.39 is 23.5 Å². The molecule has 2 atom stereocenters. The van der Waals surface area contributed by atoms with Crippen LogP contribution in [0.1, 0.15) is 41.3 Å². The Morgan fingerprint density at radius 2 is 1.80 bits per heavy atom. The largest absolute Gasteiger partial charge is 0.497 e. The molecule has 6 amide bonds. The summed E-state index contributed by atoms with van der Waals surface area (Å²) >= 11 is 0. The molecule has 4 aliphatic rings. The molecule has 4 aliphatic heterocycles. The first-order chi connectivity index (χ1) is 21.2. The van der Waals surface area contributed by atoms with Crippen LogP contribution in [0.2, 0.25) is 0 Å². The van der Waals surface area contributed by atoms with Crippen LogP contribution in [-0.2, 0) is 20.9 Å². The maximum Gasteiger partial charge on any atom is 0.323 e. The number of methoxy groups -OCH3 is 1. The molecule has 0 bridgehead atoms. The van der Waals surface area contributed by atoms with Crippen molar-refractivity contribution in [2.45, 2.75) is 37.9 Å². The van der Waals surface area contributed by atoms with E-state index in [4.69, 9.17) is 4.74 Å². The number of hydrogen-bond acceptors (Lipinski definition) is 7. The number of imide groups is 1. The molecule has 44 heavy (non-hydrogen) atoms. The Labute approximate surface area is 255 Å². The van der Waals surface area contributed by atoms with E-state index in [0.717, 1.165) is 25.2 Å². The lowest BCUT2D eigenvalue weighted by molar-refractivity contribution is -0.134. The van der Waals surface area contributed by atoms with E-state index in [2.05, 4.69) is 34.3 Å². The average Bonchev–Trinajstić information content (AvgIpc) is 3.67. The third-order valence-electron chi connectivity index (χ3n) is 8.76. The second-order valence-corrected chi connectivity index (χ2v) is 11.4. The minimum absolute atomic E-state index is 0.0301. The van der Waals surface area contributed by atoms with Crippen LogP contribution in [0.5, 0.6) is 5.75 Å². The Kier molecular flexibility index (Phi) is 7.73. The number of nitrogens with zero attached hydrogens (tertiary/aromatic N) is 4. The molecule has 12 heteroatoms. The van der Waals surface area contributed by atoms with E-state index in [-0.39, 0.29) is 30.8 Å². The second-order valence-electron chi connectivity index (χ2n) is 11.4. The fourth-order valence-corrected chi connectivity index (χ4v) is 6.23. The molecule has 228 valence electrons. The molecular weight excluding hydrogens is 564 g/mol. The molecule has 0 radical (unpaired) electrons. The third kappa shape index (κ3) is 5.35. The molecule has 3 fully saturated rings. The fraction of sp³-hybridized carbons (Fsp3) is 0.406. The first-order valence-electron chi connectivity index (χ1n) is 14.8. The summed E-state index contributed by atoms with van der Waals surface area (Å²) in [6.45, 7) is 6.11. The van der Waals surface area contributed by atoms with Crippen LogP contribution in [0.3, 0.4) is 0 Å². The van der Waals surface area contributed by atoms with Gasteiger partial charge in [-0.05, 0) is 54.9 Å². The zero-order chi connectivity index (χ0) is 31.0. The van der Waals surface area contributed by atoms with Crippen molar-refractivity contribution in [3.8, 4) is 17.6 Å². The average molecular weight is 599 g/mol. The molecule has 12 nitrogen and oxygen atoms in total. The van der Waals surface area contributed by atoms with Crippen LogP contribution in [0.4, 0.5) is 10.5 Å². The Bertz CT molecular complexity index is 1590. The van der Waals surface area contributed by atoms with Crippen LogP contribution in [0, 0.1) is 11.8 Å². The number of anilines is 1. The van der Waals surface area contributed by atoms with E-state index >= 15 is 0 Å². The van der Waals surface area contributed by atoms with Gasteiger partial charge in [0.1, 0.15) is 11.8 Å². The molecule has 4 heterocycles. The van der Waals surface area contributed by atoms with Gasteiger partial charge in [0.05, 0.1) is 13.7 Å². The number of rotatable bonds is 6. The quantitative estimate of drug-likeness (QED) is 0.374. The Morgan fingerprint density at radius 3 is 2.45 bits per heavy atom. The van der Waals surface area contributed by atoms with Crippen molar-refractivity contribution in [1.29, 1.82) is 0 Å². The summed E-state index contributed by atoms with van der Waals surface area (Å²) in [6, 6.07) is 10.9. The van der Waals surface area contributed by atoms with Crippen LogP contribution < -0.4 is 20.3 Å². The van der Waals surface area contributed by atoms with E-state index in [1.54, 1.807) is 47.4 Å². The maximum absolute atomic E-state index is 13.4. The molecule has 0 aromatic heterocycles. The number of fused-ring (bicyclic) bond motifs is 1. The van der Waals surface area contributed by atoms with Gasteiger partial charge >= 0.3 is 6.03 Å². The van der Waals surface area contributed by atoms with Gasteiger partial charge in [0, 0.05) is 56.0 Å². The molecule has 0 saturated carbocycles. The topological polar surface area (TPSA) is 132 Å². The monoisotopic (exact) mass is 598 g/mol. The van der Waals surface area contributed by atoms with Crippen molar-refractivity contribution in [2.24, 2.45) is 0 Å². The number of piperazine rings is 1. The highest BCUT2D eigenvalue weighted by atomic mass is 16.5. The van der Waals surface area contributed by atoms with E-state index in [1.807, 2.05) is 4.90 Å². The number of carbonyl (C=O) groups is 5. The number of carbonyl (C=O) groups excluding carboxylic acids is 5. The zero-order valence-electron chi connectivity index (χ0n) is 24.7. The smallest absolute Gasteiger partial charge is 0.323 e. The van der Waals surface area contributed by atoms with Gasteiger partial charge in [-0.1, -0.05) is 24.8 Å². The van der Waals surface area contributed by atoms with Crippen molar-refractivity contribution < 1.29 is 28.7 Å². The molecule has 3 saturated heterocycles. The molecule has 1 unspecified atom stereocenters. The van der Waals surface area contributed by atoms with Gasteiger partial charge in [-0.25, -0.2) is 4.79 Å². The molecule has 2 aromatic carbocycles. The molecule has 2 N–H and O–H groups in total. The first-order valence-corrected chi connectivity index (χ1v) is 14.8. The number of nitrogens with one attached hydrogen (secondary N) is 2. The summed E-state index contributed by atoms with van der Waals surface area (Å²) in [7, 11) is 1.52. The van der Waals surface area contributed by atoms with Gasteiger partial charge in [-0.3, -0.25) is 29.4 Å². The van der Waals surface area contributed by atoms with E-state index in [0.29, 0.717) is 48.5 Å². The Balaban J connectivity index is 1.19. The van der Waals surface area contributed by atoms with Gasteiger partial charge in [0.2, 0.25) is 17.4 Å². The highest BCUT2D eigenvalue weighted by molar-refractivity contribution is 6.10. The zero-order valence-corrected chi connectivity index (χ0v) is 24.7. The fourth-order valence-electron chi connectivity index (χ4n) is 6.23. The van der Waals surface area contributed by atoms with Crippen molar-refractivity contribution >= 4 is 35.3 Å². The predicted octanol–water partition coefficient (Wildman–Crippen LogP) is 0.940. The van der Waals surface area contributed by atoms with Gasteiger partial charge in [0.15, 0.2) is 0 Å². The molecule has 0 spiro atoms. The number of hydrogen-bond donors (Lipinski definition) is 2. The molecule has 0 aliphatic carbocycles. The lowest BCUT2D eigenvalue weighted by Gasteiger charge is -2.36. The number of likely N-dealkylation sites (N-methyl/N-ethyl adjacent to an activating group) is 1. The van der Waals surface area contributed by atoms with Gasteiger partial charge in [0.25, 0.3) is 11.8 Å². The Hall–Kier alpha value is -4.89. The highest BCUT2D eigenvalue weighted by Gasteiger charge is 2.48. The van der Waals surface area contributed by atoms with Gasteiger partial charge < -0.3 is 24.8 Å². The second kappa shape index (κ2) is 11.7. The summed E-state index contributed by atoms with van der Waals surface area (Å²) in [5.41, 5.74) is 0.746. The molecule has 6 rings (SSSR count). The standard InChI is InChI=1S/C32H34N6O6/c1-3-35-14-16-36(17-15-35)29(41)26-10-11-27(39)38(26)23-7-4-21(5-8-23)12-13-32(30(42)33-31(43)34-32)20-37-19-22-6-9-24(44-2)18-25(22)28(37)40/h4-9,18,26H,3,10-11,14-17,19-20H2,1-2H3,(H2,33,34,42,43)/t26?,32-/m1/s1. The van der Waals surface area contributed by atoms with Gasteiger partial charge in [-0.15, -0.1) is 0 Å². The van der Waals surface area contributed by atoms with Crippen molar-refractivity contribution in [2.75, 3.05) is 51.3 Å². The SMILES string of the molecule is CCN1CCN(C(=O)C2CCC(=O)N2c2ccc(C#C[C@]3(CN4Cc5ccc(OC)cc5C4=O)NC(=O)NC3=O)cc2)CC1. The van der Waals surface area contributed by atoms with Crippen molar-refractivity contribution in [1.82, 2.24) is 25.3 Å². The normalized spacial score (nSPS) is 23.3. The summed E-state index contributed by atoms with van der Waals surface area (Å²) in [5.74, 6) is 5.35. The summed E-state index contributed by atoms with van der Waals surface area (Å²) in [5, 5.41) is 4.85. The summed E-state index contributed by atoms with van der Waals surface area (Å²) in [6.07, 6.45) is 0.770. The number of urea groups is 1. The Morgan fingerprint density at radius 1 is 1.05 bits per heavy atom. The summed E-state index contributed by atoms with van der Waals surface area (Å²) in [4.78, 5) is 71.8. The van der Waals surface area contributed by atoms with E-state index in [9.17, 15) is 24.0 Å². The highest BCUT2D eigenvalue weighted by Crippen LogP contribution is 2.30. The van der Waals surface area contributed by atoms with Crippen molar-refractivity contribution in [3.63, 3.8) is 0 Å². The minimum Gasteiger partial charge on any atom is -0.497 e. The first kappa shape index (κ1) is 29.2. The lowest BCUT2D eigenvalue weighted by atomic mass is 9.99. The minimum atomic E-state index is -1.65. The molecule has 2 aromatic rings. The number of ether oxygens (including phenoxy) is 1. The van der Waals surface area contributed by atoms with Crippen molar-refractivity contribution in [3.05, 3.63) is 59.2 Å². The van der Waals surface area contributed by atoms with E-state index in [1.165, 1.54) is 12.0 Å². The van der Waals surface area contributed by atoms with Gasteiger partial charge in [-0.2, -0.15) is 0 Å². The number of benzene rings is 2. The number of amides is 6. The third-order valence-corrected chi connectivity index (χ3v) is 8.76. The summed E-state index contributed by atoms with van der Waals surface area (Å²) < 4.78 is 5.24. The molecular formula is C32H34N6O6. The lowest BCUT2D eigenvalue weighted by Crippen LogP contribution is -2.54.